The molecule has 0 saturated heterocycles. The first-order chi connectivity index (χ1) is 11.5. The van der Waals surface area contributed by atoms with Crippen LogP contribution in [0.5, 0.6) is 0 Å². The molecular formula is C16H14N4O4. The van der Waals surface area contributed by atoms with Crippen molar-refractivity contribution in [3.05, 3.63) is 79.9 Å². The van der Waals surface area contributed by atoms with Gasteiger partial charge in [-0.1, -0.05) is 36.4 Å². The zero-order valence-electron chi connectivity index (χ0n) is 12.7. The Morgan fingerprint density at radius 3 is 2.38 bits per heavy atom. The Kier molecular flexibility index (Phi) is 5.35. The van der Waals surface area contributed by atoms with Crippen molar-refractivity contribution in [1.82, 2.24) is 0 Å². The fourth-order valence-electron chi connectivity index (χ4n) is 2.01. The van der Waals surface area contributed by atoms with Crippen LogP contribution in [0.3, 0.4) is 0 Å². The summed E-state index contributed by atoms with van der Waals surface area (Å²) in [4.78, 5) is 20.4. The van der Waals surface area contributed by atoms with E-state index in [9.17, 15) is 20.2 Å². The van der Waals surface area contributed by atoms with Crippen LogP contribution >= 0.6 is 0 Å². The van der Waals surface area contributed by atoms with E-state index in [4.69, 9.17) is 0 Å². The average molecular weight is 326 g/mol. The van der Waals surface area contributed by atoms with Crippen molar-refractivity contribution in [2.75, 3.05) is 5.43 Å². The Bertz CT molecular complexity index is 831. The van der Waals surface area contributed by atoms with Crippen LogP contribution in [0.15, 0.2) is 53.6 Å². The minimum absolute atomic E-state index is 0.0744. The van der Waals surface area contributed by atoms with Crippen LogP contribution in [0.4, 0.5) is 17.1 Å². The molecule has 0 fully saturated rings. The SMILES string of the molecule is CC=Cc1ccccc1C=NNc1ccc([N+](=O)[O-])cc1[N+](=O)[O-]. The zero-order valence-corrected chi connectivity index (χ0v) is 12.7. The number of allylic oxidation sites excluding steroid dienone is 1. The monoisotopic (exact) mass is 326 g/mol. The van der Waals surface area contributed by atoms with Crippen LogP contribution in [0.25, 0.3) is 6.08 Å². The lowest BCUT2D eigenvalue weighted by molar-refractivity contribution is -0.393. The molecule has 0 saturated carbocycles. The second-order valence-corrected chi connectivity index (χ2v) is 4.71. The van der Waals surface area contributed by atoms with Gasteiger partial charge in [0.1, 0.15) is 5.69 Å². The highest BCUT2D eigenvalue weighted by Gasteiger charge is 2.19. The van der Waals surface area contributed by atoms with E-state index in [2.05, 4.69) is 10.5 Å². The molecule has 0 aliphatic rings. The summed E-state index contributed by atoms with van der Waals surface area (Å²) in [6, 6.07) is 10.8. The van der Waals surface area contributed by atoms with Gasteiger partial charge >= 0.3 is 5.69 Å². The Balaban J connectivity index is 2.26. The Hall–Kier alpha value is -3.55. The normalized spacial score (nSPS) is 11.0. The van der Waals surface area contributed by atoms with Crippen molar-refractivity contribution in [2.24, 2.45) is 5.10 Å². The van der Waals surface area contributed by atoms with Gasteiger partial charge in [0.15, 0.2) is 0 Å². The number of hydrazone groups is 1. The number of rotatable bonds is 6. The molecule has 0 aromatic heterocycles. The maximum atomic E-state index is 11.1. The number of hydrogen-bond acceptors (Lipinski definition) is 6. The molecule has 8 nitrogen and oxygen atoms in total. The van der Waals surface area contributed by atoms with E-state index in [1.54, 1.807) is 0 Å². The van der Waals surface area contributed by atoms with Crippen molar-refractivity contribution in [1.29, 1.82) is 0 Å². The summed E-state index contributed by atoms with van der Waals surface area (Å²) in [5.41, 5.74) is 3.64. The number of nitrogens with one attached hydrogen (secondary N) is 1. The summed E-state index contributed by atoms with van der Waals surface area (Å²) in [5, 5.41) is 25.8. The lowest BCUT2D eigenvalue weighted by Gasteiger charge is -2.03. The van der Waals surface area contributed by atoms with Gasteiger partial charge in [0.25, 0.3) is 5.69 Å². The summed E-state index contributed by atoms with van der Waals surface area (Å²) in [6.07, 6.45) is 5.33. The van der Waals surface area contributed by atoms with E-state index in [-0.39, 0.29) is 11.4 Å². The summed E-state index contributed by atoms with van der Waals surface area (Å²) < 4.78 is 0. The van der Waals surface area contributed by atoms with Gasteiger partial charge < -0.3 is 0 Å². The summed E-state index contributed by atoms with van der Waals surface area (Å²) >= 11 is 0. The topological polar surface area (TPSA) is 111 Å². The van der Waals surface area contributed by atoms with Gasteiger partial charge in [0, 0.05) is 11.6 Å². The molecule has 0 heterocycles. The van der Waals surface area contributed by atoms with E-state index < -0.39 is 15.5 Å². The molecule has 0 aliphatic carbocycles. The predicted molar refractivity (Wildman–Crippen MR) is 92.1 cm³/mol. The van der Waals surface area contributed by atoms with Crippen molar-refractivity contribution < 1.29 is 9.85 Å². The first-order valence-electron chi connectivity index (χ1n) is 6.96. The number of hydrogen-bond donors (Lipinski definition) is 1. The fourth-order valence-corrected chi connectivity index (χ4v) is 2.01. The predicted octanol–water partition coefficient (Wildman–Crippen LogP) is 3.98. The molecule has 0 atom stereocenters. The Labute approximate surface area is 137 Å². The van der Waals surface area contributed by atoms with Crippen LogP contribution in [-0.4, -0.2) is 16.1 Å². The molecule has 0 unspecified atom stereocenters. The highest BCUT2D eigenvalue weighted by atomic mass is 16.6. The third-order valence-corrected chi connectivity index (χ3v) is 3.12. The van der Waals surface area contributed by atoms with E-state index >= 15 is 0 Å². The first kappa shape index (κ1) is 16.8. The minimum Gasteiger partial charge on any atom is -0.272 e. The van der Waals surface area contributed by atoms with E-state index in [0.29, 0.717) is 0 Å². The minimum atomic E-state index is -0.696. The zero-order chi connectivity index (χ0) is 17.5. The van der Waals surface area contributed by atoms with Gasteiger partial charge in [-0.2, -0.15) is 5.10 Å². The van der Waals surface area contributed by atoms with Crippen molar-refractivity contribution in [3.8, 4) is 0 Å². The standard InChI is InChI=1S/C16H14N4O4/c1-2-5-12-6-3-4-7-13(12)11-17-18-15-9-8-14(19(21)22)10-16(15)20(23)24/h2-11,18H,1H3. The number of nitro groups is 2. The van der Waals surface area contributed by atoms with Gasteiger partial charge in [-0.3, -0.25) is 25.7 Å². The maximum absolute atomic E-state index is 11.1. The van der Waals surface area contributed by atoms with Crippen LogP contribution in [0.2, 0.25) is 0 Å². The Morgan fingerprint density at radius 1 is 1.04 bits per heavy atom. The molecule has 0 radical (unpaired) electrons. The number of nitrogens with zero attached hydrogens (tertiary/aromatic N) is 3. The maximum Gasteiger partial charge on any atom is 0.301 e. The Morgan fingerprint density at radius 2 is 1.75 bits per heavy atom. The lowest BCUT2D eigenvalue weighted by atomic mass is 10.1. The second kappa shape index (κ2) is 7.63. The highest BCUT2D eigenvalue weighted by molar-refractivity contribution is 5.86. The largest absolute Gasteiger partial charge is 0.301 e. The van der Waals surface area contributed by atoms with Gasteiger partial charge in [-0.25, -0.2) is 0 Å². The van der Waals surface area contributed by atoms with E-state index in [0.717, 1.165) is 17.2 Å². The number of anilines is 1. The molecule has 1 N–H and O–H groups in total. The van der Waals surface area contributed by atoms with Gasteiger partial charge in [0.2, 0.25) is 0 Å². The molecule has 2 aromatic rings. The number of nitro benzene ring substituents is 2. The molecule has 0 aliphatic heterocycles. The van der Waals surface area contributed by atoms with Crippen molar-refractivity contribution in [2.45, 2.75) is 6.92 Å². The van der Waals surface area contributed by atoms with E-state index in [1.165, 1.54) is 18.3 Å². The third-order valence-electron chi connectivity index (χ3n) is 3.12. The summed E-state index contributed by atoms with van der Waals surface area (Å²) in [6.45, 7) is 1.90. The average Bonchev–Trinajstić information content (AvgIpc) is 2.56. The molecular weight excluding hydrogens is 312 g/mol. The molecule has 2 aromatic carbocycles. The molecule has 0 amide bonds. The van der Waals surface area contributed by atoms with Crippen LogP contribution < -0.4 is 5.43 Å². The highest BCUT2D eigenvalue weighted by Crippen LogP contribution is 2.28. The van der Waals surface area contributed by atoms with Crippen LogP contribution in [0.1, 0.15) is 18.1 Å². The fraction of sp³-hybridized carbons (Fsp3) is 0.0625. The van der Waals surface area contributed by atoms with E-state index in [1.807, 2.05) is 43.3 Å². The number of benzene rings is 2. The summed E-state index contributed by atoms with van der Waals surface area (Å²) in [7, 11) is 0. The smallest absolute Gasteiger partial charge is 0.272 e. The van der Waals surface area contributed by atoms with Crippen molar-refractivity contribution in [3.63, 3.8) is 0 Å². The molecule has 0 bridgehead atoms. The summed E-state index contributed by atoms with van der Waals surface area (Å²) in [5.74, 6) is 0. The molecule has 2 rings (SSSR count). The van der Waals surface area contributed by atoms with Crippen molar-refractivity contribution >= 4 is 29.4 Å². The lowest BCUT2D eigenvalue weighted by Crippen LogP contribution is -1.99. The number of non-ortho nitro benzene ring substituents is 1. The second-order valence-electron chi connectivity index (χ2n) is 4.71. The molecule has 122 valence electrons. The molecule has 24 heavy (non-hydrogen) atoms. The first-order valence-corrected chi connectivity index (χ1v) is 6.96. The molecule has 0 spiro atoms. The van der Waals surface area contributed by atoms with Crippen LogP contribution in [-0.2, 0) is 0 Å². The van der Waals surface area contributed by atoms with Gasteiger partial charge in [-0.15, -0.1) is 0 Å². The molecule has 8 heteroatoms. The van der Waals surface area contributed by atoms with Gasteiger partial charge in [0.05, 0.1) is 22.1 Å². The third kappa shape index (κ3) is 4.01. The quantitative estimate of drug-likeness (QED) is 0.490. The van der Waals surface area contributed by atoms with Gasteiger partial charge in [-0.05, 0) is 18.6 Å². The van der Waals surface area contributed by atoms with Crippen LogP contribution in [0, 0.1) is 20.2 Å².